The fourth-order valence-electron chi connectivity index (χ4n) is 3.38. The number of benzene rings is 1. The highest BCUT2D eigenvalue weighted by atomic mass is 32.2. The van der Waals surface area contributed by atoms with Crippen molar-refractivity contribution in [2.45, 2.75) is 36.1 Å². The van der Waals surface area contributed by atoms with Crippen molar-refractivity contribution in [2.24, 2.45) is 0 Å². The van der Waals surface area contributed by atoms with E-state index in [4.69, 9.17) is 0 Å². The predicted octanol–water partition coefficient (Wildman–Crippen LogP) is 2.54. The van der Waals surface area contributed by atoms with E-state index < -0.39 is 10.0 Å². The Bertz CT molecular complexity index is 854. The lowest BCUT2D eigenvalue weighted by Gasteiger charge is -2.18. The number of hydrogen-bond donors (Lipinski definition) is 1. The molecule has 28 heavy (non-hydrogen) atoms. The predicted molar refractivity (Wildman–Crippen MR) is 112 cm³/mol. The molecule has 1 unspecified atom stereocenters. The Morgan fingerprint density at radius 2 is 2.04 bits per heavy atom. The Hall–Kier alpha value is -1.74. The maximum atomic E-state index is 12.4. The molecule has 0 radical (unpaired) electrons. The van der Waals surface area contributed by atoms with Crippen LogP contribution in [0, 0.1) is 0 Å². The molecule has 8 heteroatoms. The first kappa shape index (κ1) is 21.0. The molecule has 1 amide bonds. The molecule has 152 valence electrons. The highest BCUT2D eigenvalue weighted by molar-refractivity contribution is 7.91. The number of nitrogens with one attached hydrogen (secondary N) is 1. The molecule has 6 nitrogen and oxygen atoms in total. The van der Waals surface area contributed by atoms with Gasteiger partial charge in [-0.2, -0.15) is 0 Å². The highest BCUT2D eigenvalue weighted by Gasteiger charge is 2.24. The van der Waals surface area contributed by atoms with E-state index in [0.717, 1.165) is 26.1 Å². The summed E-state index contributed by atoms with van der Waals surface area (Å²) in [6.45, 7) is 3.06. The Morgan fingerprint density at radius 3 is 2.75 bits per heavy atom. The van der Waals surface area contributed by atoms with Gasteiger partial charge in [-0.25, -0.2) is 12.7 Å². The van der Waals surface area contributed by atoms with E-state index in [0.29, 0.717) is 23.6 Å². The Labute approximate surface area is 171 Å². The zero-order valence-electron chi connectivity index (χ0n) is 16.1. The second kappa shape index (κ2) is 9.65. The molecular formula is C20H27N3O3S2. The van der Waals surface area contributed by atoms with Gasteiger partial charge in [-0.15, -0.1) is 11.3 Å². The number of likely N-dealkylation sites (tertiary alicyclic amines) is 1. The van der Waals surface area contributed by atoms with Gasteiger partial charge in [0.1, 0.15) is 4.21 Å². The number of hydrogen-bond acceptors (Lipinski definition) is 5. The largest absolute Gasteiger partial charge is 0.352 e. The molecule has 0 bridgehead atoms. The zero-order valence-corrected chi connectivity index (χ0v) is 17.7. The molecular weight excluding hydrogens is 394 g/mol. The third-order valence-corrected chi connectivity index (χ3v) is 8.15. The van der Waals surface area contributed by atoms with Gasteiger partial charge in [0.15, 0.2) is 0 Å². The SMILES string of the molecule is CN(CCCC(=O)NC1CCN(Cc2ccccc2)C1)S(=O)(=O)c1cccs1. The van der Waals surface area contributed by atoms with Crippen LogP contribution in [0.4, 0.5) is 0 Å². The number of amides is 1. The monoisotopic (exact) mass is 421 g/mol. The average Bonchev–Trinajstić information content (AvgIpc) is 3.35. The molecule has 1 aromatic heterocycles. The Balaban J connectivity index is 1.37. The third-order valence-electron chi connectivity index (χ3n) is 4.92. The van der Waals surface area contributed by atoms with Crippen molar-refractivity contribution in [2.75, 3.05) is 26.7 Å². The van der Waals surface area contributed by atoms with Crippen molar-refractivity contribution in [3.8, 4) is 0 Å². The van der Waals surface area contributed by atoms with Gasteiger partial charge in [0.2, 0.25) is 5.91 Å². The van der Waals surface area contributed by atoms with E-state index in [2.05, 4.69) is 22.3 Å². The van der Waals surface area contributed by atoms with Gasteiger partial charge in [0, 0.05) is 45.7 Å². The Morgan fingerprint density at radius 1 is 1.25 bits per heavy atom. The van der Waals surface area contributed by atoms with E-state index in [1.165, 1.54) is 21.2 Å². The van der Waals surface area contributed by atoms with Crippen LogP contribution in [0.2, 0.25) is 0 Å². The normalized spacial score (nSPS) is 17.9. The molecule has 0 spiro atoms. The van der Waals surface area contributed by atoms with Gasteiger partial charge in [-0.3, -0.25) is 9.69 Å². The summed E-state index contributed by atoms with van der Waals surface area (Å²) in [5.41, 5.74) is 1.28. The first-order valence-corrected chi connectivity index (χ1v) is 11.8. The van der Waals surface area contributed by atoms with Crippen LogP contribution in [0.15, 0.2) is 52.1 Å². The average molecular weight is 422 g/mol. The lowest BCUT2D eigenvalue weighted by Crippen LogP contribution is -2.37. The smallest absolute Gasteiger partial charge is 0.252 e. The van der Waals surface area contributed by atoms with Crippen molar-refractivity contribution in [3.63, 3.8) is 0 Å². The summed E-state index contributed by atoms with van der Waals surface area (Å²) in [6, 6.07) is 13.8. The highest BCUT2D eigenvalue weighted by Crippen LogP contribution is 2.20. The first-order chi connectivity index (χ1) is 13.4. The standard InChI is InChI=1S/C20H27N3O3S2/c1-22(28(25,26)20-10-6-14-27-20)12-5-9-19(24)21-18-11-13-23(16-18)15-17-7-3-2-4-8-17/h2-4,6-8,10,14,18H,5,9,11-13,15-16H2,1H3,(H,21,24). The van der Waals surface area contributed by atoms with Crippen LogP contribution in [0.25, 0.3) is 0 Å². The molecule has 1 aliphatic rings. The van der Waals surface area contributed by atoms with Gasteiger partial charge >= 0.3 is 0 Å². The number of carbonyl (C=O) groups excluding carboxylic acids is 1. The summed E-state index contributed by atoms with van der Waals surface area (Å²) in [7, 11) is -1.88. The fraction of sp³-hybridized carbons (Fsp3) is 0.450. The van der Waals surface area contributed by atoms with E-state index in [9.17, 15) is 13.2 Å². The third kappa shape index (κ3) is 5.64. The van der Waals surface area contributed by atoms with Crippen LogP contribution in [0.3, 0.4) is 0 Å². The molecule has 1 aromatic carbocycles. The van der Waals surface area contributed by atoms with Crippen LogP contribution in [0.1, 0.15) is 24.8 Å². The number of nitrogens with zero attached hydrogens (tertiary/aromatic N) is 2. The van der Waals surface area contributed by atoms with Crippen molar-refractivity contribution < 1.29 is 13.2 Å². The van der Waals surface area contributed by atoms with Crippen LogP contribution in [-0.4, -0.2) is 56.3 Å². The molecule has 1 aliphatic heterocycles. The van der Waals surface area contributed by atoms with Gasteiger partial charge in [0.25, 0.3) is 10.0 Å². The van der Waals surface area contributed by atoms with Crippen molar-refractivity contribution in [3.05, 3.63) is 53.4 Å². The zero-order chi connectivity index (χ0) is 20.0. The number of sulfonamides is 1. The molecule has 1 N–H and O–H groups in total. The lowest BCUT2D eigenvalue weighted by molar-refractivity contribution is -0.121. The number of carbonyl (C=O) groups is 1. The first-order valence-electron chi connectivity index (χ1n) is 9.50. The second-order valence-electron chi connectivity index (χ2n) is 7.14. The quantitative estimate of drug-likeness (QED) is 0.676. The fourth-order valence-corrected chi connectivity index (χ4v) is 5.79. The molecule has 1 saturated heterocycles. The summed E-state index contributed by atoms with van der Waals surface area (Å²) in [5.74, 6) is -0.00603. The molecule has 2 aromatic rings. The van der Waals surface area contributed by atoms with E-state index >= 15 is 0 Å². The van der Waals surface area contributed by atoms with Gasteiger partial charge in [-0.05, 0) is 29.9 Å². The van der Waals surface area contributed by atoms with Crippen LogP contribution >= 0.6 is 11.3 Å². The van der Waals surface area contributed by atoms with Crippen LogP contribution in [0.5, 0.6) is 0 Å². The molecule has 0 saturated carbocycles. The second-order valence-corrected chi connectivity index (χ2v) is 10.4. The van der Waals surface area contributed by atoms with Crippen LogP contribution in [-0.2, 0) is 21.4 Å². The maximum Gasteiger partial charge on any atom is 0.252 e. The maximum absolute atomic E-state index is 12.4. The minimum Gasteiger partial charge on any atom is -0.352 e. The van der Waals surface area contributed by atoms with Gasteiger partial charge in [0.05, 0.1) is 0 Å². The lowest BCUT2D eigenvalue weighted by atomic mass is 10.2. The van der Waals surface area contributed by atoms with E-state index in [1.54, 1.807) is 24.6 Å². The summed E-state index contributed by atoms with van der Waals surface area (Å²) >= 11 is 1.21. The molecule has 2 heterocycles. The van der Waals surface area contributed by atoms with Crippen LogP contribution < -0.4 is 5.32 Å². The van der Waals surface area contributed by atoms with E-state index in [-0.39, 0.29) is 11.9 Å². The molecule has 0 aliphatic carbocycles. The Kier molecular flexibility index (Phi) is 7.23. The van der Waals surface area contributed by atoms with Gasteiger partial charge in [-0.1, -0.05) is 36.4 Å². The molecule has 1 fully saturated rings. The topological polar surface area (TPSA) is 69.7 Å². The summed E-state index contributed by atoms with van der Waals surface area (Å²) in [6.07, 6.45) is 1.79. The van der Waals surface area contributed by atoms with Crippen molar-refractivity contribution in [1.82, 2.24) is 14.5 Å². The molecule has 3 rings (SSSR count). The minimum atomic E-state index is -3.44. The summed E-state index contributed by atoms with van der Waals surface area (Å²) in [5, 5.41) is 4.84. The molecule has 1 atom stereocenters. The number of thiophene rings is 1. The van der Waals surface area contributed by atoms with E-state index in [1.807, 2.05) is 18.2 Å². The minimum absolute atomic E-state index is 0.00603. The summed E-state index contributed by atoms with van der Waals surface area (Å²) < 4.78 is 26.4. The summed E-state index contributed by atoms with van der Waals surface area (Å²) in [4.78, 5) is 14.6. The van der Waals surface area contributed by atoms with Crippen molar-refractivity contribution in [1.29, 1.82) is 0 Å². The number of rotatable bonds is 9. The van der Waals surface area contributed by atoms with Crippen molar-refractivity contribution >= 4 is 27.3 Å². The van der Waals surface area contributed by atoms with Gasteiger partial charge < -0.3 is 5.32 Å².